The van der Waals surface area contributed by atoms with Crippen LogP contribution < -0.4 is 10.6 Å². The molecule has 0 spiro atoms. The Hall–Kier alpha value is -0.950. The molecule has 1 aliphatic heterocycles. The molecule has 1 aromatic rings. The lowest BCUT2D eigenvalue weighted by Crippen LogP contribution is -2.44. The van der Waals surface area contributed by atoms with Crippen molar-refractivity contribution in [2.45, 2.75) is 37.0 Å². The van der Waals surface area contributed by atoms with Gasteiger partial charge in [-0.3, -0.25) is 0 Å². The summed E-state index contributed by atoms with van der Waals surface area (Å²) in [7, 11) is -3.45. The summed E-state index contributed by atoms with van der Waals surface area (Å²) in [5, 5.41) is 1.79. The van der Waals surface area contributed by atoms with E-state index in [4.69, 9.17) is 5.73 Å². The molecular weight excluding hydrogens is 274 g/mol. The van der Waals surface area contributed by atoms with Crippen molar-refractivity contribution in [3.8, 4) is 0 Å². The average molecular weight is 297 g/mol. The number of hydrogen-bond donors (Lipinski definition) is 2. The minimum atomic E-state index is -3.45. The molecule has 112 valence electrons. The standard InChI is InChI=1S/C14H23N3O2S/c15-10-4-5-13-6-8-14(9-7-13)20(18,19)16-17-11-2-1-3-12-17/h6-9,16H,1-5,10-12,15H2. The Morgan fingerprint density at radius 3 is 2.35 bits per heavy atom. The number of nitrogens with zero attached hydrogens (tertiary/aromatic N) is 1. The number of nitrogens with one attached hydrogen (secondary N) is 1. The predicted molar refractivity (Wildman–Crippen MR) is 79.6 cm³/mol. The van der Waals surface area contributed by atoms with Crippen LogP contribution in [0.3, 0.4) is 0 Å². The van der Waals surface area contributed by atoms with Gasteiger partial charge in [-0.1, -0.05) is 18.6 Å². The second kappa shape index (κ2) is 7.17. The maximum atomic E-state index is 12.3. The highest BCUT2D eigenvalue weighted by Gasteiger charge is 2.19. The predicted octanol–water partition coefficient (Wildman–Crippen LogP) is 1.26. The molecule has 0 aliphatic carbocycles. The Morgan fingerprint density at radius 1 is 1.10 bits per heavy atom. The van der Waals surface area contributed by atoms with Crippen LogP contribution in [0.5, 0.6) is 0 Å². The highest BCUT2D eigenvalue weighted by molar-refractivity contribution is 7.89. The minimum Gasteiger partial charge on any atom is -0.330 e. The van der Waals surface area contributed by atoms with Crippen LogP contribution in [-0.2, 0) is 16.4 Å². The van der Waals surface area contributed by atoms with Gasteiger partial charge in [-0.25, -0.2) is 13.4 Å². The van der Waals surface area contributed by atoms with Crippen molar-refractivity contribution in [3.05, 3.63) is 29.8 Å². The van der Waals surface area contributed by atoms with Crippen molar-refractivity contribution in [3.63, 3.8) is 0 Å². The number of rotatable bonds is 6. The molecule has 1 aliphatic rings. The minimum absolute atomic E-state index is 0.319. The first-order chi connectivity index (χ1) is 9.62. The van der Waals surface area contributed by atoms with Crippen LogP contribution in [0.4, 0.5) is 0 Å². The van der Waals surface area contributed by atoms with E-state index in [1.165, 1.54) is 6.42 Å². The van der Waals surface area contributed by atoms with E-state index in [0.29, 0.717) is 11.4 Å². The Labute approximate surface area is 121 Å². The SMILES string of the molecule is NCCCc1ccc(S(=O)(=O)NN2CCCCC2)cc1. The van der Waals surface area contributed by atoms with E-state index in [2.05, 4.69) is 4.83 Å². The van der Waals surface area contributed by atoms with E-state index in [1.54, 1.807) is 17.1 Å². The van der Waals surface area contributed by atoms with Gasteiger partial charge >= 0.3 is 0 Å². The molecule has 0 amide bonds. The third kappa shape index (κ3) is 4.28. The fraction of sp³-hybridized carbons (Fsp3) is 0.571. The molecule has 0 radical (unpaired) electrons. The molecule has 3 N–H and O–H groups in total. The van der Waals surface area contributed by atoms with E-state index in [9.17, 15) is 8.42 Å². The van der Waals surface area contributed by atoms with Gasteiger partial charge in [0, 0.05) is 13.1 Å². The molecule has 1 aromatic carbocycles. The zero-order chi connectivity index (χ0) is 14.4. The van der Waals surface area contributed by atoms with Crippen molar-refractivity contribution in [1.82, 2.24) is 9.84 Å². The fourth-order valence-corrected chi connectivity index (χ4v) is 3.47. The number of aryl methyl sites for hydroxylation is 1. The van der Waals surface area contributed by atoms with Crippen LogP contribution in [0.2, 0.25) is 0 Å². The van der Waals surface area contributed by atoms with Crippen LogP contribution in [0.15, 0.2) is 29.2 Å². The first-order valence-corrected chi connectivity index (χ1v) is 8.66. The summed E-state index contributed by atoms with van der Waals surface area (Å²) in [5.74, 6) is 0. The molecule has 0 saturated carbocycles. The molecule has 5 nitrogen and oxygen atoms in total. The highest BCUT2D eigenvalue weighted by atomic mass is 32.2. The summed E-state index contributed by atoms with van der Waals surface area (Å²) < 4.78 is 24.5. The van der Waals surface area contributed by atoms with Crippen molar-refractivity contribution < 1.29 is 8.42 Å². The van der Waals surface area contributed by atoms with Crippen LogP contribution >= 0.6 is 0 Å². The summed E-state index contributed by atoms with van der Waals surface area (Å²) in [6.07, 6.45) is 5.06. The normalized spacial score (nSPS) is 17.2. The summed E-state index contributed by atoms with van der Waals surface area (Å²) in [5.41, 5.74) is 6.59. The topological polar surface area (TPSA) is 75.4 Å². The number of hydrogen-bond acceptors (Lipinski definition) is 4. The van der Waals surface area contributed by atoms with Crippen molar-refractivity contribution in [2.24, 2.45) is 5.73 Å². The number of nitrogens with two attached hydrogens (primary N) is 1. The largest absolute Gasteiger partial charge is 0.330 e. The van der Waals surface area contributed by atoms with E-state index in [1.807, 2.05) is 12.1 Å². The average Bonchev–Trinajstić information content (AvgIpc) is 2.46. The summed E-state index contributed by atoms with van der Waals surface area (Å²) in [6, 6.07) is 7.05. The summed E-state index contributed by atoms with van der Waals surface area (Å²) >= 11 is 0. The Bertz CT molecular complexity index is 508. The van der Waals surface area contributed by atoms with E-state index < -0.39 is 10.0 Å². The second-order valence-electron chi connectivity index (χ2n) is 5.18. The number of hydrazine groups is 1. The number of sulfonamides is 1. The monoisotopic (exact) mass is 297 g/mol. The fourth-order valence-electron chi connectivity index (χ4n) is 2.35. The first-order valence-electron chi connectivity index (χ1n) is 7.18. The van der Waals surface area contributed by atoms with E-state index >= 15 is 0 Å². The molecule has 6 heteroatoms. The zero-order valence-electron chi connectivity index (χ0n) is 11.7. The van der Waals surface area contributed by atoms with Gasteiger partial charge < -0.3 is 5.73 Å². The first kappa shape index (κ1) is 15.4. The van der Waals surface area contributed by atoms with Gasteiger partial charge in [-0.05, 0) is 49.9 Å². The molecule has 1 fully saturated rings. The van der Waals surface area contributed by atoms with Gasteiger partial charge in [0.05, 0.1) is 4.90 Å². The molecule has 1 saturated heterocycles. The number of benzene rings is 1. The van der Waals surface area contributed by atoms with Crippen molar-refractivity contribution in [1.29, 1.82) is 0 Å². The van der Waals surface area contributed by atoms with E-state index in [-0.39, 0.29) is 0 Å². The van der Waals surface area contributed by atoms with Crippen LogP contribution in [-0.4, -0.2) is 33.1 Å². The third-order valence-corrected chi connectivity index (χ3v) is 4.90. The molecule has 0 unspecified atom stereocenters. The second-order valence-corrected chi connectivity index (χ2v) is 6.84. The molecule has 20 heavy (non-hydrogen) atoms. The maximum absolute atomic E-state index is 12.3. The Morgan fingerprint density at radius 2 is 1.75 bits per heavy atom. The van der Waals surface area contributed by atoms with Gasteiger partial charge in [-0.15, -0.1) is 4.83 Å². The Balaban J connectivity index is 2.01. The van der Waals surface area contributed by atoms with Gasteiger partial charge in [0.15, 0.2) is 0 Å². The van der Waals surface area contributed by atoms with Crippen molar-refractivity contribution in [2.75, 3.05) is 19.6 Å². The molecular formula is C14H23N3O2S. The third-order valence-electron chi connectivity index (χ3n) is 3.51. The lowest BCUT2D eigenvalue weighted by atomic mass is 10.1. The lowest BCUT2D eigenvalue weighted by molar-refractivity contribution is 0.200. The zero-order valence-corrected chi connectivity index (χ0v) is 12.5. The van der Waals surface area contributed by atoms with E-state index in [0.717, 1.165) is 44.3 Å². The highest BCUT2D eigenvalue weighted by Crippen LogP contribution is 2.14. The molecule has 0 aromatic heterocycles. The van der Waals surface area contributed by atoms with Gasteiger partial charge in [0.1, 0.15) is 0 Å². The van der Waals surface area contributed by atoms with Crippen LogP contribution in [0, 0.1) is 0 Å². The lowest BCUT2D eigenvalue weighted by Gasteiger charge is -2.26. The smallest absolute Gasteiger partial charge is 0.253 e. The summed E-state index contributed by atoms with van der Waals surface area (Å²) in [6.45, 7) is 2.22. The quantitative estimate of drug-likeness (QED) is 0.829. The van der Waals surface area contributed by atoms with Gasteiger partial charge in [0.25, 0.3) is 10.0 Å². The van der Waals surface area contributed by atoms with Crippen LogP contribution in [0.1, 0.15) is 31.2 Å². The molecule has 2 rings (SSSR count). The summed E-state index contributed by atoms with van der Waals surface area (Å²) in [4.78, 5) is 2.98. The number of piperidine rings is 1. The van der Waals surface area contributed by atoms with Gasteiger partial charge in [0.2, 0.25) is 0 Å². The van der Waals surface area contributed by atoms with Crippen LogP contribution in [0.25, 0.3) is 0 Å². The maximum Gasteiger partial charge on any atom is 0.253 e. The van der Waals surface area contributed by atoms with Crippen molar-refractivity contribution >= 4 is 10.0 Å². The molecule has 1 heterocycles. The Kier molecular flexibility index (Phi) is 5.54. The molecule has 0 bridgehead atoms. The molecule has 0 atom stereocenters. The van der Waals surface area contributed by atoms with Gasteiger partial charge in [-0.2, -0.15) is 0 Å².